The lowest BCUT2D eigenvalue weighted by Gasteiger charge is -2.48. The smallest absolute Gasteiger partial charge is 0.263 e. The number of rotatable bonds is 4. The molecular formula is C22H31NOSi. The quantitative estimate of drug-likeness (QED) is 0.665. The predicted octanol–water partition coefficient (Wildman–Crippen LogP) is 4.04. The molecule has 0 spiro atoms. The summed E-state index contributed by atoms with van der Waals surface area (Å²) in [4.78, 5) is 0. The minimum atomic E-state index is -2.55. The van der Waals surface area contributed by atoms with Gasteiger partial charge >= 0.3 is 0 Å². The van der Waals surface area contributed by atoms with Crippen LogP contribution in [0.4, 0.5) is 0 Å². The van der Waals surface area contributed by atoms with Gasteiger partial charge in [-0.15, -0.1) is 0 Å². The van der Waals surface area contributed by atoms with Gasteiger partial charge in [0.25, 0.3) is 8.32 Å². The molecule has 0 radical (unpaired) electrons. The van der Waals surface area contributed by atoms with Crippen LogP contribution in [0.2, 0.25) is 5.04 Å². The number of nitrogens with two attached hydrogens (primary N) is 1. The second-order valence-corrected chi connectivity index (χ2v) is 12.7. The van der Waals surface area contributed by atoms with Gasteiger partial charge in [0.2, 0.25) is 0 Å². The molecular weight excluding hydrogens is 322 g/mol. The van der Waals surface area contributed by atoms with Crippen molar-refractivity contribution in [3.63, 3.8) is 0 Å². The monoisotopic (exact) mass is 353 g/mol. The van der Waals surface area contributed by atoms with Gasteiger partial charge in [0.15, 0.2) is 0 Å². The molecule has 0 saturated heterocycles. The van der Waals surface area contributed by atoms with Gasteiger partial charge in [-0.3, -0.25) is 0 Å². The fraction of sp³-hybridized carbons (Fsp3) is 0.455. The zero-order chi connectivity index (χ0) is 18.1. The highest BCUT2D eigenvalue weighted by Gasteiger charge is 2.55. The first-order chi connectivity index (χ1) is 11.8. The molecule has 3 rings (SSSR count). The Bertz CT molecular complexity index is 655. The van der Waals surface area contributed by atoms with E-state index in [0.717, 1.165) is 19.3 Å². The molecule has 134 valence electrons. The summed E-state index contributed by atoms with van der Waals surface area (Å²) in [5.74, 6) is 0.383. The van der Waals surface area contributed by atoms with Crippen LogP contribution in [0.3, 0.4) is 0 Å². The second kappa shape index (κ2) is 6.71. The van der Waals surface area contributed by atoms with Gasteiger partial charge in [0.1, 0.15) is 5.72 Å². The molecule has 3 heteroatoms. The Morgan fingerprint density at radius 2 is 1.44 bits per heavy atom. The maximum Gasteiger partial charge on any atom is 0.263 e. The van der Waals surface area contributed by atoms with E-state index in [0.29, 0.717) is 5.92 Å². The Kier molecular flexibility index (Phi) is 4.93. The highest BCUT2D eigenvalue weighted by Crippen LogP contribution is 2.43. The van der Waals surface area contributed by atoms with Crippen molar-refractivity contribution in [2.24, 2.45) is 11.7 Å². The van der Waals surface area contributed by atoms with Crippen molar-refractivity contribution in [2.45, 2.75) is 57.7 Å². The van der Waals surface area contributed by atoms with Gasteiger partial charge in [-0.05, 0) is 40.6 Å². The summed E-state index contributed by atoms with van der Waals surface area (Å²) in [5, 5.41) is 2.58. The fourth-order valence-corrected chi connectivity index (χ4v) is 9.07. The first-order valence-electron chi connectivity index (χ1n) is 9.40. The third-order valence-corrected chi connectivity index (χ3v) is 10.9. The average molecular weight is 354 g/mol. The standard InChI is InChI=1S/C22H31NOSi/c1-18-12-11-17-22(18,23)24-25(21(2,3)4,19-13-7-5-8-14-19)20-15-9-6-10-16-20/h5-10,13-16,18H,11-12,17,23H2,1-4H3. The predicted molar refractivity (Wildman–Crippen MR) is 109 cm³/mol. The highest BCUT2D eigenvalue weighted by atomic mass is 28.4. The SMILES string of the molecule is CC1CCCC1(N)O[Si](c1ccccc1)(c1ccccc1)C(C)(C)C. The van der Waals surface area contributed by atoms with Crippen molar-refractivity contribution in [1.82, 2.24) is 0 Å². The third kappa shape index (κ3) is 3.21. The molecule has 0 bridgehead atoms. The lowest BCUT2D eigenvalue weighted by atomic mass is 10.0. The first-order valence-corrected chi connectivity index (χ1v) is 11.3. The van der Waals surface area contributed by atoms with Crippen LogP contribution < -0.4 is 16.1 Å². The first kappa shape index (κ1) is 18.4. The van der Waals surface area contributed by atoms with Gasteiger partial charge in [-0.1, -0.05) is 88.4 Å². The molecule has 0 heterocycles. The average Bonchev–Trinajstić information content (AvgIpc) is 2.92. The lowest BCUT2D eigenvalue weighted by Crippen LogP contribution is -2.71. The molecule has 0 aliphatic heterocycles. The number of hydrogen-bond donors (Lipinski definition) is 1. The van der Waals surface area contributed by atoms with Crippen molar-refractivity contribution in [1.29, 1.82) is 0 Å². The van der Waals surface area contributed by atoms with Gasteiger partial charge < -0.3 is 10.2 Å². The molecule has 1 aliphatic rings. The summed E-state index contributed by atoms with van der Waals surface area (Å²) in [7, 11) is -2.55. The molecule has 2 unspecified atom stereocenters. The summed E-state index contributed by atoms with van der Waals surface area (Å²) in [5.41, 5.74) is 6.34. The normalized spacial score (nSPS) is 24.4. The van der Waals surface area contributed by atoms with Crippen LogP contribution in [0.25, 0.3) is 0 Å². The van der Waals surface area contributed by atoms with Crippen molar-refractivity contribution >= 4 is 18.7 Å². The Morgan fingerprint density at radius 1 is 0.960 bits per heavy atom. The topological polar surface area (TPSA) is 35.2 Å². The van der Waals surface area contributed by atoms with Crippen molar-refractivity contribution < 1.29 is 4.43 Å². The van der Waals surface area contributed by atoms with Crippen LogP contribution in [0.5, 0.6) is 0 Å². The van der Waals surface area contributed by atoms with E-state index in [-0.39, 0.29) is 5.04 Å². The molecule has 2 aromatic rings. The molecule has 1 aliphatic carbocycles. The summed E-state index contributed by atoms with van der Waals surface area (Å²) in [6.45, 7) is 9.16. The summed E-state index contributed by atoms with van der Waals surface area (Å²) < 4.78 is 7.15. The minimum Gasteiger partial charge on any atom is -0.390 e. The van der Waals surface area contributed by atoms with E-state index in [2.05, 4.69) is 88.4 Å². The van der Waals surface area contributed by atoms with Gasteiger partial charge in [0.05, 0.1) is 0 Å². The largest absolute Gasteiger partial charge is 0.390 e. The van der Waals surface area contributed by atoms with Crippen LogP contribution in [0.1, 0.15) is 47.0 Å². The molecule has 2 atom stereocenters. The second-order valence-electron chi connectivity index (χ2n) is 8.51. The van der Waals surface area contributed by atoms with Crippen molar-refractivity contribution in [3.8, 4) is 0 Å². The Hall–Kier alpha value is -1.42. The van der Waals surface area contributed by atoms with Crippen molar-refractivity contribution in [2.75, 3.05) is 0 Å². The fourth-order valence-electron chi connectivity index (χ4n) is 4.26. The molecule has 2 aromatic carbocycles. The Labute approximate surface area is 153 Å². The van der Waals surface area contributed by atoms with E-state index in [1.165, 1.54) is 10.4 Å². The Morgan fingerprint density at radius 3 is 1.80 bits per heavy atom. The highest BCUT2D eigenvalue weighted by molar-refractivity contribution is 6.99. The summed E-state index contributed by atoms with van der Waals surface area (Å²) in [6, 6.07) is 21.6. The van der Waals surface area contributed by atoms with E-state index in [1.807, 2.05) is 0 Å². The van der Waals surface area contributed by atoms with Crippen LogP contribution in [0, 0.1) is 5.92 Å². The molecule has 2 N–H and O–H groups in total. The molecule has 1 fully saturated rings. The van der Waals surface area contributed by atoms with E-state index in [1.54, 1.807) is 0 Å². The molecule has 0 aromatic heterocycles. The van der Waals surface area contributed by atoms with E-state index in [4.69, 9.17) is 10.2 Å². The van der Waals surface area contributed by atoms with Gasteiger partial charge in [-0.2, -0.15) is 0 Å². The maximum absolute atomic E-state index is 7.15. The van der Waals surface area contributed by atoms with Crippen LogP contribution in [-0.4, -0.2) is 14.0 Å². The molecule has 25 heavy (non-hydrogen) atoms. The van der Waals surface area contributed by atoms with Crippen molar-refractivity contribution in [3.05, 3.63) is 60.7 Å². The lowest BCUT2D eigenvalue weighted by molar-refractivity contribution is 0.0325. The van der Waals surface area contributed by atoms with E-state index >= 15 is 0 Å². The summed E-state index contributed by atoms with van der Waals surface area (Å²) >= 11 is 0. The zero-order valence-corrected chi connectivity index (χ0v) is 17.0. The van der Waals surface area contributed by atoms with E-state index < -0.39 is 14.0 Å². The van der Waals surface area contributed by atoms with Crippen LogP contribution in [0.15, 0.2) is 60.7 Å². The maximum atomic E-state index is 7.15. The van der Waals surface area contributed by atoms with Gasteiger partial charge in [-0.25, -0.2) is 0 Å². The molecule has 2 nitrogen and oxygen atoms in total. The number of hydrogen-bond acceptors (Lipinski definition) is 2. The molecule has 0 amide bonds. The van der Waals surface area contributed by atoms with E-state index in [9.17, 15) is 0 Å². The number of benzene rings is 2. The van der Waals surface area contributed by atoms with Crippen LogP contribution >= 0.6 is 0 Å². The summed E-state index contributed by atoms with van der Waals surface area (Å²) in [6.07, 6.45) is 3.24. The zero-order valence-electron chi connectivity index (χ0n) is 16.0. The van der Waals surface area contributed by atoms with Gasteiger partial charge in [0, 0.05) is 0 Å². The Balaban J connectivity index is 2.23. The van der Waals surface area contributed by atoms with Crippen LogP contribution in [-0.2, 0) is 4.43 Å². The third-order valence-electron chi connectivity index (χ3n) is 5.80. The molecule has 1 saturated carbocycles. The minimum absolute atomic E-state index is 0.0234.